The fourth-order valence-corrected chi connectivity index (χ4v) is 7.64. The number of rotatable bonds is 1. The van der Waals surface area contributed by atoms with Gasteiger partial charge in [0, 0.05) is 45.2 Å². The Kier molecular flexibility index (Phi) is 4.35. The molecular formula is C22H24IN5O2S. The van der Waals surface area contributed by atoms with E-state index in [0.717, 1.165) is 35.9 Å². The van der Waals surface area contributed by atoms with Crippen LogP contribution in [0.4, 0.5) is 5.95 Å². The molecule has 1 unspecified atom stereocenters. The number of H-pyrrole nitrogens is 2. The number of nitrogens with one attached hydrogen (secondary N) is 3. The van der Waals surface area contributed by atoms with E-state index in [0.29, 0.717) is 17.0 Å². The van der Waals surface area contributed by atoms with Crippen molar-refractivity contribution in [2.24, 2.45) is 5.41 Å². The molecule has 1 fully saturated rings. The van der Waals surface area contributed by atoms with E-state index in [1.165, 1.54) is 16.7 Å². The molecule has 1 aliphatic carbocycles. The maximum atomic E-state index is 13.1. The van der Waals surface area contributed by atoms with E-state index in [4.69, 9.17) is 0 Å². The van der Waals surface area contributed by atoms with Gasteiger partial charge >= 0.3 is 0 Å². The van der Waals surface area contributed by atoms with Gasteiger partial charge in [0.2, 0.25) is 5.95 Å². The quantitative estimate of drug-likeness (QED) is 0.320. The van der Waals surface area contributed by atoms with Crippen molar-refractivity contribution in [2.75, 3.05) is 18.0 Å². The number of hydrogen-bond donors (Lipinski definition) is 3. The van der Waals surface area contributed by atoms with Crippen LogP contribution in [0.15, 0.2) is 29.2 Å². The highest BCUT2D eigenvalue weighted by Gasteiger charge is 2.56. The van der Waals surface area contributed by atoms with Crippen LogP contribution in [-0.2, 0) is 22.5 Å². The lowest BCUT2D eigenvalue weighted by molar-refractivity contribution is 0.172. The summed E-state index contributed by atoms with van der Waals surface area (Å²) in [5.41, 5.74) is 4.57. The fourth-order valence-electron chi connectivity index (χ4n) is 5.73. The van der Waals surface area contributed by atoms with Crippen LogP contribution in [0.25, 0.3) is 11.0 Å². The molecule has 9 heteroatoms. The Balaban J connectivity index is 1.31. The van der Waals surface area contributed by atoms with Gasteiger partial charge in [0.1, 0.15) is 5.65 Å². The first-order chi connectivity index (χ1) is 14.8. The molecule has 2 aromatic heterocycles. The van der Waals surface area contributed by atoms with E-state index in [2.05, 4.69) is 79.2 Å². The van der Waals surface area contributed by atoms with E-state index in [1.807, 2.05) is 6.20 Å². The van der Waals surface area contributed by atoms with E-state index >= 15 is 0 Å². The Hall–Kier alpha value is -1.56. The number of anilines is 1. The van der Waals surface area contributed by atoms with Gasteiger partial charge in [-0.25, -0.2) is 0 Å². The lowest BCUT2D eigenvalue weighted by atomic mass is 9.72. The van der Waals surface area contributed by atoms with Crippen LogP contribution in [-0.4, -0.2) is 32.6 Å². The topological polar surface area (TPSA) is 99.9 Å². The summed E-state index contributed by atoms with van der Waals surface area (Å²) in [5, 5.41) is 0.619. The molecule has 1 saturated heterocycles. The molecule has 4 heterocycles. The molecule has 0 radical (unpaired) electrons. The standard InChI is InChI=1S/C22H24IN5O2S/c1-21(2)13-5-3-4-12-10-22(17(15(12)13)27-31(21)30)6-8-28(9-7-22)20-25-18-16(19(29)26-20)14(23)11-24-18/h3-5,11,17,27H,6-10H2,1-2H3,(H2,24,25,26,29)/t17-,31?/m1/s1. The zero-order valence-electron chi connectivity index (χ0n) is 17.4. The third-order valence-corrected chi connectivity index (χ3v) is 9.96. The summed E-state index contributed by atoms with van der Waals surface area (Å²) < 4.78 is 17.1. The van der Waals surface area contributed by atoms with Crippen LogP contribution in [0.1, 0.15) is 49.4 Å². The Labute approximate surface area is 196 Å². The van der Waals surface area contributed by atoms with Gasteiger partial charge in [-0.1, -0.05) is 18.2 Å². The molecule has 3 N–H and O–H groups in total. The summed E-state index contributed by atoms with van der Waals surface area (Å²) in [6.45, 7) is 5.75. The molecule has 6 rings (SSSR count). The maximum Gasteiger partial charge on any atom is 0.262 e. The number of aromatic amines is 2. The highest BCUT2D eigenvalue weighted by Crippen LogP contribution is 2.57. The number of aromatic nitrogens is 3. The number of nitrogens with zero attached hydrogens (tertiary/aromatic N) is 2. The van der Waals surface area contributed by atoms with Crippen LogP contribution in [0, 0.1) is 8.99 Å². The highest BCUT2D eigenvalue weighted by molar-refractivity contribution is 14.1. The van der Waals surface area contributed by atoms with Gasteiger partial charge in [-0.3, -0.25) is 9.78 Å². The SMILES string of the molecule is CC1(C)c2cccc3c2[C@@H](N[S+]1[O-])C1(CCN(c2nc4[nH]cc(I)c4c(=O)[nH]2)CC1)C3. The molecule has 162 valence electrons. The molecule has 0 saturated carbocycles. The first-order valence-corrected chi connectivity index (χ1v) is 12.9. The Morgan fingerprint density at radius 2 is 2.06 bits per heavy atom. The molecule has 31 heavy (non-hydrogen) atoms. The van der Waals surface area contributed by atoms with Crippen molar-refractivity contribution in [3.8, 4) is 0 Å². The number of halogens is 1. The molecule has 1 spiro atoms. The van der Waals surface area contributed by atoms with Crippen molar-refractivity contribution in [3.05, 3.63) is 55.0 Å². The van der Waals surface area contributed by atoms with E-state index < -0.39 is 11.4 Å². The molecule has 3 aromatic rings. The minimum absolute atomic E-state index is 0.0489. The Morgan fingerprint density at radius 3 is 2.84 bits per heavy atom. The molecule has 7 nitrogen and oxygen atoms in total. The van der Waals surface area contributed by atoms with Crippen molar-refractivity contribution >= 4 is 50.9 Å². The van der Waals surface area contributed by atoms with Crippen LogP contribution in [0.5, 0.6) is 0 Å². The molecule has 0 bridgehead atoms. The van der Waals surface area contributed by atoms with Gasteiger partial charge in [0.25, 0.3) is 5.56 Å². The van der Waals surface area contributed by atoms with Crippen molar-refractivity contribution in [3.63, 3.8) is 0 Å². The van der Waals surface area contributed by atoms with Crippen molar-refractivity contribution < 1.29 is 4.55 Å². The molecule has 2 atom stereocenters. The minimum Gasteiger partial charge on any atom is -0.597 e. The Morgan fingerprint density at radius 1 is 1.29 bits per heavy atom. The van der Waals surface area contributed by atoms with Crippen LogP contribution >= 0.6 is 22.6 Å². The normalized spacial score (nSPS) is 25.9. The van der Waals surface area contributed by atoms with Gasteiger partial charge in [0.15, 0.2) is 4.75 Å². The summed E-state index contributed by atoms with van der Waals surface area (Å²) in [6, 6.07) is 6.62. The van der Waals surface area contributed by atoms with Gasteiger partial charge < -0.3 is 14.4 Å². The highest BCUT2D eigenvalue weighted by atomic mass is 127. The first-order valence-electron chi connectivity index (χ1n) is 10.6. The molecule has 1 aromatic carbocycles. The number of hydrogen-bond acceptors (Lipinski definition) is 5. The molecule has 3 aliphatic rings. The van der Waals surface area contributed by atoms with Crippen LogP contribution < -0.4 is 15.2 Å². The van der Waals surface area contributed by atoms with Crippen molar-refractivity contribution in [1.29, 1.82) is 0 Å². The smallest absolute Gasteiger partial charge is 0.262 e. The van der Waals surface area contributed by atoms with Crippen molar-refractivity contribution in [1.82, 2.24) is 19.7 Å². The number of fused-ring (bicyclic) bond motifs is 2. The van der Waals surface area contributed by atoms with Gasteiger partial charge in [-0.05, 0) is 66.8 Å². The number of piperidine rings is 1. The zero-order valence-corrected chi connectivity index (χ0v) is 20.4. The summed E-state index contributed by atoms with van der Waals surface area (Å²) in [6.07, 6.45) is 4.74. The largest absolute Gasteiger partial charge is 0.597 e. The summed E-state index contributed by atoms with van der Waals surface area (Å²) >= 11 is 1.02. The average molecular weight is 549 g/mol. The first kappa shape index (κ1) is 20.1. The van der Waals surface area contributed by atoms with Gasteiger partial charge in [0.05, 0.1) is 11.4 Å². The summed E-state index contributed by atoms with van der Waals surface area (Å²) in [5.74, 6) is 0.628. The van der Waals surface area contributed by atoms with E-state index in [-0.39, 0.29) is 21.8 Å². The van der Waals surface area contributed by atoms with Crippen LogP contribution in [0.3, 0.4) is 0 Å². The lowest BCUT2D eigenvalue weighted by Gasteiger charge is -2.46. The minimum atomic E-state index is -1.13. The molecular weight excluding hydrogens is 525 g/mol. The predicted octanol–water partition coefficient (Wildman–Crippen LogP) is 3.24. The second-order valence-electron chi connectivity index (χ2n) is 9.48. The molecule has 2 aliphatic heterocycles. The lowest BCUT2D eigenvalue weighted by Crippen LogP contribution is -2.53. The third-order valence-electron chi connectivity index (χ3n) is 7.52. The summed E-state index contributed by atoms with van der Waals surface area (Å²) in [4.78, 5) is 25.5. The van der Waals surface area contributed by atoms with E-state index in [9.17, 15) is 9.35 Å². The summed E-state index contributed by atoms with van der Waals surface area (Å²) in [7, 11) is 0. The zero-order chi connectivity index (χ0) is 21.5. The van der Waals surface area contributed by atoms with Crippen molar-refractivity contribution in [2.45, 2.75) is 43.9 Å². The fraction of sp³-hybridized carbons (Fsp3) is 0.455. The number of benzene rings is 1. The maximum absolute atomic E-state index is 13.1. The molecule has 0 amide bonds. The average Bonchev–Trinajstić information content (AvgIpc) is 3.26. The van der Waals surface area contributed by atoms with Gasteiger partial charge in [-0.2, -0.15) is 4.98 Å². The van der Waals surface area contributed by atoms with E-state index in [1.54, 1.807) is 0 Å². The third kappa shape index (κ3) is 2.79. The predicted molar refractivity (Wildman–Crippen MR) is 131 cm³/mol. The second-order valence-corrected chi connectivity index (χ2v) is 12.4. The monoisotopic (exact) mass is 549 g/mol. The van der Waals surface area contributed by atoms with Crippen LogP contribution in [0.2, 0.25) is 0 Å². The van der Waals surface area contributed by atoms with Gasteiger partial charge in [-0.15, -0.1) is 4.72 Å². The Bertz CT molecular complexity index is 1260. The second kappa shape index (κ2) is 6.72.